The average Bonchev–Trinajstić information content (AvgIpc) is 3.36. The summed E-state index contributed by atoms with van der Waals surface area (Å²) >= 11 is 0. The number of rotatable bonds is 5. The van der Waals surface area contributed by atoms with Crippen molar-refractivity contribution < 1.29 is 17.9 Å². The first-order valence-electron chi connectivity index (χ1n) is 12.4. The van der Waals surface area contributed by atoms with Gasteiger partial charge >= 0.3 is 0 Å². The summed E-state index contributed by atoms with van der Waals surface area (Å²) in [6, 6.07) is 10.3. The SMILES string of the molecule is CC.Fc1c(CNc2nn3ccnc3c3ccc(N4CC5(CCOCC5)C4)cc23)cccc1C(F)F. The molecule has 0 radical (unpaired) electrons. The molecule has 2 aromatic heterocycles. The molecule has 1 spiro atoms. The van der Waals surface area contributed by atoms with Crippen molar-refractivity contribution in [3.63, 3.8) is 0 Å². The summed E-state index contributed by atoms with van der Waals surface area (Å²) in [5.74, 6) is -0.341. The number of aromatic nitrogens is 3. The molecule has 0 amide bonds. The summed E-state index contributed by atoms with van der Waals surface area (Å²) in [7, 11) is 0. The molecule has 4 aromatic rings. The maximum atomic E-state index is 14.6. The van der Waals surface area contributed by atoms with Gasteiger partial charge in [-0.25, -0.2) is 22.7 Å². The van der Waals surface area contributed by atoms with E-state index in [4.69, 9.17) is 4.74 Å². The minimum absolute atomic E-state index is 0.0335. The van der Waals surface area contributed by atoms with Crippen molar-refractivity contribution in [1.29, 1.82) is 0 Å². The van der Waals surface area contributed by atoms with Gasteiger partial charge in [-0.3, -0.25) is 0 Å². The first kappa shape index (κ1) is 24.4. The van der Waals surface area contributed by atoms with Gasteiger partial charge in [0.2, 0.25) is 0 Å². The van der Waals surface area contributed by atoms with E-state index in [0.29, 0.717) is 11.2 Å². The summed E-state index contributed by atoms with van der Waals surface area (Å²) < 4.78 is 48.0. The number of imidazole rings is 1. The summed E-state index contributed by atoms with van der Waals surface area (Å²) in [6.07, 6.45) is 2.73. The Morgan fingerprint density at radius 1 is 1.08 bits per heavy atom. The van der Waals surface area contributed by atoms with E-state index in [9.17, 15) is 13.2 Å². The van der Waals surface area contributed by atoms with E-state index in [1.807, 2.05) is 19.9 Å². The lowest BCUT2D eigenvalue weighted by molar-refractivity contribution is -0.000184. The molecule has 2 aliphatic heterocycles. The summed E-state index contributed by atoms with van der Waals surface area (Å²) in [5.41, 5.74) is 1.73. The molecule has 0 unspecified atom stereocenters. The van der Waals surface area contributed by atoms with E-state index in [1.54, 1.807) is 16.9 Å². The third kappa shape index (κ3) is 4.36. The first-order valence-corrected chi connectivity index (χ1v) is 12.4. The Hall–Kier alpha value is -3.33. The van der Waals surface area contributed by atoms with Crippen LogP contribution in [-0.2, 0) is 11.3 Å². The summed E-state index contributed by atoms with van der Waals surface area (Å²) in [5, 5.41) is 9.57. The Morgan fingerprint density at radius 2 is 1.86 bits per heavy atom. The predicted octanol–water partition coefficient (Wildman–Crippen LogP) is 6.21. The number of halogens is 3. The maximum Gasteiger partial charge on any atom is 0.266 e. The molecule has 0 aliphatic carbocycles. The molecule has 2 fully saturated rings. The summed E-state index contributed by atoms with van der Waals surface area (Å²) in [4.78, 5) is 6.79. The number of hydrogen-bond acceptors (Lipinski definition) is 5. The smallest absolute Gasteiger partial charge is 0.266 e. The molecule has 6 nitrogen and oxygen atoms in total. The Kier molecular flexibility index (Phi) is 6.75. The van der Waals surface area contributed by atoms with Crippen molar-refractivity contribution in [2.24, 2.45) is 5.41 Å². The number of hydrogen-bond donors (Lipinski definition) is 1. The van der Waals surface area contributed by atoms with Crippen molar-refractivity contribution in [1.82, 2.24) is 14.6 Å². The van der Waals surface area contributed by atoms with Crippen LogP contribution >= 0.6 is 0 Å². The Balaban J connectivity index is 0.00000130. The Morgan fingerprint density at radius 3 is 2.61 bits per heavy atom. The van der Waals surface area contributed by atoms with Gasteiger partial charge in [-0.2, -0.15) is 0 Å². The van der Waals surface area contributed by atoms with Crippen LogP contribution in [0.4, 0.5) is 24.7 Å². The highest BCUT2D eigenvalue weighted by Crippen LogP contribution is 2.43. The van der Waals surface area contributed by atoms with E-state index < -0.39 is 17.8 Å². The monoisotopic (exact) mass is 497 g/mol. The van der Waals surface area contributed by atoms with Crippen LogP contribution in [0.5, 0.6) is 0 Å². The highest BCUT2D eigenvalue weighted by molar-refractivity contribution is 6.01. The summed E-state index contributed by atoms with van der Waals surface area (Å²) in [6.45, 7) is 7.67. The second-order valence-corrected chi connectivity index (χ2v) is 9.22. The number of nitrogens with zero attached hydrogens (tertiary/aromatic N) is 4. The van der Waals surface area contributed by atoms with Gasteiger partial charge in [-0.05, 0) is 31.0 Å². The van der Waals surface area contributed by atoms with Crippen molar-refractivity contribution in [2.75, 3.05) is 36.5 Å². The van der Waals surface area contributed by atoms with Gasteiger partial charge in [-0.15, -0.1) is 5.10 Å². The molecule has 36 heavy (non-hydrogen) atoms. The highest BCUT2D eigenvalue weighted by atomic mass is 19.3. The van der Waals surface area contributed by atoms with E-state index in [1.165, 1.54) is 12.1 Å². The standard InChI is InChI=1S/C25H24F3N5O.C2H6/c26-21-16(2-1-3-19(21)22(27)28)13-30-23-20-12-17(32-14-25(15-32)6-10-34-11-7-25)4-5-18(20)24-29-8-9-33(24)31-23;1-2/h1-5,8-9,12,22H,6-7,10-11,13-15H2,(H,30,31);1-2H3. The van der Waals surface area contributed by atoms with Crippen LogP contribution in [0.25, 0.3) is 16.4 Å². The van der Waals surface area contributed by atoms with Crippen LogP contribution in [0, 0.1) is 11.2 Å². The fourth-order valence-electron chi connectivity index (χ4n) is 5.13. The zero-order valence-corrected chi connectivity index (χ0v) is 20.5. The van der Waals surface area contributed by atoms with Crippen LogP contribution in [-0.4, -0.2) is 40.9 Å². The van der Waals surface area contributed by atoms with Gasteiger partial charge in [0.05, 0.1) is 5.56 Å². The Bertz CT molecular complexity index is 1360. The molecule has 9 heteroatoms. The molecule has 1 N–H and O–H groups in total. The van der Waals surface area contributed by atoms with E-state index in [-0.39, 0.29) is 12.1 Å². The van der Waals surface area contributed by atoms with Crippen molar-refractivity contribution in [2.45, 2.75) is 39.7 Å². The van der Waals surface area contributed by atoms with E-state index >= 15 is 0 Å². The lowest BCUT2D eigenvalue weighted by Gasteiger charge is -2.53. The van der Waals surface area contributed by atoms with Gasteiger partial charge in [0.1, 0.15) is 5.82 Å². The van der Waals surface area contributed by atoms with Gasteiger partial charge < -0.3 is 15.0 Å². The molecule has 190 valence electrons. The van der Waals surface area contributed by atoms with Gasteiger partial charge in [0, 0.05) is 72.7 Å². The van der Waals surface area contributed by atoms with Crippen molar-refractivity contribution >= 4 is 27.9 Å². The molecule has 2 aliphatic rings. The van der Waals surface area contributed by atoms with Crippen LogP contribution in [0.1, 0.15) is 44.2 Å². The number of alkyl halides is 2. The fourth-order valence-corrected chi connectivity index (χ4v) is 5.13. The molecule has 2 aromatic carbocycles. The first-order chi connectivity index (χ1) is 17.5. The van der Waals surface area contributed by atoms with Gasteiger partial charge in [-0.1, -0.05) is 32.0 Å². The fraction of sp³-hybridized carbons (Fsp3) is 0.407. The topological polar surface area (TPSA) is 54.7 Å². The van der Waals surface area contributed by atoms with Crippen LogP contribution in [0.3, 0.4) is 0 Å². The molecule has 6 rings (SSSR count). The maximum absolute atomic E-state index is 14.6. The minimum Gasteiger partial charge on any atom is -0.381 e. The second kappa shape index (κ2) is 9.97. The molecule has 2 saturated heterocycles. The van der Waals surface area contributed by atoms with Crippen molar-refractivity contribution in [3.05, 3.63) is 65.7 Å². The molecule has 0 atom stereocenters. The number of benzene rings is 2. The lowest BCUT2D eigenvalue weighted by Crippen LogP contribution is -2.58. The second-order valence-electron chi connectivity index (χ2n) is 9.22. The Labute approximate surface area is 208 Å². The van der Waals surface area contributed by atoms with Gasteiger partial charge in [0.15, 0.2) is 11.5 Å². The zero-order chi connectivity index (χ0) is 25.3. The third-order valence-electron chi connectivity index (χ3n) is 7.09. The average molecular weight is 498 g/mol. The molecule has 0 saturated carbocycles. The zero-order valence-electron chi connectivity index (χ0n) is 20.5. The van der Waals surface area contributed by atoms with Gasteiger partial charge in [0.25, 0.3) is 6.43 Å². The molecular formula is C27H30F3N5O. The van der Waals surface area contributed by atoms with Crippen molar-refractivity contribution in [3.8, 4) is 0 Å². The predicted molar refractivity (Wildman–Crippen MR) is 135 cm³/mol. The highest BCUT2D eigenvalue weighted by Gasteiger charge is 2.43. The van der Waals surface area contributed by atoms with E-state index in [0.717, 1.165) is 67.3 Å². The number of ether oxygens (including phenoxy) is 1. The molecule has 4 heterocycles. The number of anilines is 2. The lowest BCUT2D eigenvalue weighted by atomic mass is 9.73. The number of nitrogens with one attached hydrogen (secondary N) is 1. The molecule has 0 bridgehead atoms. The van der Waals surface area contributed by atoms with Crippen LogP contribution in [0.15, 0.2) is 48.8 Å². The van der Waals surface area contributed by atoms with E-state index in [2.05, 4.69) is 32.4 Å². The minimum atomic E-state index is -2.86. The third-order valence-corrected chi connectivity index (χ3v) is 7.09. The quantitative estimate of drug-likeness (QED) is 0.355. The van der Waals surface area contributed by atoms with Crippen LogP contribution < -0.4 is 10.2 Å². The van der Waals surface area contributed by atoms with Crippen LogP contribution in [0.2, 0.25) is 0 Å². The molecular weight excluding hydrogens is 467 g/mol. The largest absolute Gasteiger partial charge is 0.381 e. The number of fused-ring (bicyclic) bond motifs is 3. The normalized spacial score (nSPS) is 16.8.